The summed E-state index contributed by atoms with van der Waals surface area (Å²) in [6.07, 6.45) is 2.14. The summed E-state index contributed by atoms with van der Waals surface area (Å²) in [6, 6.07) is 9.95. The summed E-state index contributed by atoms with van der Waals surface area (Å²) in [5.74, 6) is -2.23. The highest BCUT2D eigenvalue weighted by Gasteiger charge is 2.08. The van der Waals surface area contributed by atoms with Crippen molar-refractivity contribution in [1.29, 1.82) is 0 Å². The van der Waals surface area contributed by atoms with Gasteiger partial charge in [0.25, 0.3) is 0 Å². The lowest BCUT2D eigenvalue weighted by molar-refractivity contribution is -0.131. The molecule has 5 heteroatoms. The van der Waals surface area contributed by atoms with Gasteiger partial charge in [0.1, 0.15) is 12.4 Å². The molecule has 0 bridgehead atoms. The summed E-state index contributed by atoms with van der Waals surface area (Å²) < 4.78 is 32.2. The fourth-order valence-electron chi connectivity index (χ4n) is 1.75. The Morgan fingerprint density at radius 2 is 1.95 bits per heavy atom. The number of para-hydroxylation sites is 1. The third kappa shape index (κ3) is 4.14. The summed E-state index contributed by atoms with van der Waals surface area (Å²) in [5, 5.41) is 8.61. The monoisotopic (exact) mass is 290 g/mol. The average Bonchev–Trinajstić information content (AvgIpc) is 2.44. The van der Waals surface area contributed by atoms with Gasteiger partial charge in [0, 0.05) is 11.6 Å². The van der Waals surface area contributed by atoms with Crippen LogP contribution in [0.3, 0.4) is 0 Å². The fraction of sp³-hybridized carbons (Fsp3) is 0.0625. The molecule has 0 atom stereocenters. The first-order chi connectivity index (χ1) is 10.1. The van der Waals surface area contributed by atoms with Crippen LogP contribution in [0, 0.1) is 11.6 Å². The molecule has 1 N–H and O–H groups in total. The first-order valence-corrected chi connectivity index (χ1v) is 6.13. The molecule has 108 valence electrons. The van der Waals surface area contributed by atoms with Gasteiger partial charge in [-0.2, -0.15) is 0 Å². The zero-order valence-electron chi connectivity index (χ0n) is 10.9. The molecule has 2 aromatic carbocycles. The number of ether oxygens (including phenoxy) is 1. The van der Waals surface area contributed by atoms with Crippen molar-refractivity contribution in [1.82, 2.24) is 0 Å². The van der Waals surface area contributed by atoms with Gasteiger partial charge in [-0.15, -0.1) is 0 Å². The molecule has 0 aliphatic carbocycles. The van der Waals surface area contributed by atoms with Crippen molar-refractivity contribution in [2.24, 2.45) is 0 Å². The van der Waals surface area contributed by atoms with Crippen LogP contribution in [0.4, 0.5) is 8.78 Å². The Balaban J connectivity index is 2.20. The number of carboxylic acids is 1. The molecule has 2 rings (SSSR count). The van der Waals surface area contributed by atoms with E-state index in [9.17, 15) is 13.6 Å². The number of rotatable bonds is 5. The van der Waals surface area contributed by atoms with Gasteiger partial charge in [0.05, 0.1) is 0 Å². The van der Waals surface area contributed by atoms with Gasteiger partial charge >= 0.3 is 5.97 Å². The van der Waals surface area contributed by atoms with Crippen LogP contribution < -0.4 is 4.74 Å². The Labute approximate surface area is 120 Å². The zero-order chi connectivity index (χ0) is 15.2. The van der Waals surface area contributed by atoms with Crippen molar-refractivity contribution in [2.45, 2.75) is 6.61 Å². The van der Waals surface area contributed by atoms with Crippen molar-refractivity contribution < 1.29 is 23.4 Å². The molecule has 0 heterocycles. The summed E-state index contributed by atoms with van der Waals surface area (Å²) in [5.41, 5.74) is 0.847. The smallest absolute Gasteiger partial charge is 0.328 e. The maximum atomic E-state index is 13.8. The molecule has 0 unspecified atom stereocenters. The Morgan fingerprint density at radius 3 is 2.67 bits per heavy atom. The molecule has 0 fully saturated rings. The molecule has 0 spiro atoms. The van der Waals surface area contributed by atoms with Crippen LogP contribution in [0.15, 0.2) is 48.5 Å². The molecule has 0 radical (unpaired) electrons. The number of carboxylic acid groups (broad SMARTS) is 1. The Kier molecular flexibility index (Phi) is 4.66. The van der Waals surface area contributed by atoms with Crippen LogP contribution in [-0.4, -0.2) is 11.1 Å². The minimum absolute atomic E-state index is 0.0212. The molecule has 0 saturated carbocycles. The molecule has 2 aromatic rings. The lowest BCUT2D eigenvalue weighted by Gasteiger charge is -2.10. The minimum atomic E-state index is -1.14. The first-order valence-electron chi connectivity index (χ1n) is 6.13. The number of aliphatic carboxylic acids is 1. The quantitative estimate of drug-likeness (QED) is 0.855. The number of carbonyl (C=O) groups is 1. The van der Waals surface area contributed by atoms with E-state index < -0.39 is 17.6 Å². The lowest BCUT2D eigenvalue weighted by atomic mass is 10.1. The predicted molar refractivity (Wildman–Crippen MR) is 73.8 cm³/mol. The molecule has 0 aromatic heterocycles. The summed E-state index contributed by atoms with van der Waals surface area (Å²) in [6.45, 7) is -0.0212. The van der Waals surface area contributed by atoms with Crippen LogP contribution in [0.25, 0.3) is 6.08 Å². The number of halogens is 2. The Bertz CT molecular complexity index is 681. The fourth-order valence-corrected chi connectivity index (χ4v) is 1.75. The van der Waals surface area contributed by atoms with Crippen molar-refractivity contribution >= 4 is 12.0 Å². The number of benzene rings is 2. The number of hydrogen-bond acceptors (Lipinski definition) is 2. The van der Waals surface area contributed by atoms with Gasteiger partial charge in [-0.05, 0) is 29.8 Å². The van der Waals surface area contributed by atoms with Crippen molar-refractivity contribution in [3.63, 3.8) is 0 Å². The normalized spacial score (nSPS) is 10.8. The molecular formula is C16H12F2O3. The van der Waals surface area contributed by atoms with Gasteiger partial charge in [0.15, 0.2) is 11.6 Å². The van der Waals surface area contributed by atoms with Gasteiger partial charge in [0.2, 0.25) is 0 Å². The first kappa shape index (κ1) is 14.7. The molecule has 3 nitrogen and oxygen atoms in total. The third-order valence-corrected chi connectivity index (χ3v) is 2.68. The van der Waals surface area contributed by atoms with E-state index in [0.29, 0.717) is 11.1 Å². The average molecular weight is 290 g/mol. The van der Waals surface area contributed by atoms with Crippen molar-refractivity contribution in [3.05, 3.63) is 71.3 Å². The Hall–Kier alpha value is -2.69. The predicted octanol–water partition coefficient (Wildman–Crippen LogP) is 3.64. The third-order valence-electron chi connectivity index (χ3n) is 2.68. The van der Waals surface area contributed by atoms with Crippen LogP contribution >= 0.6 is 0 Å². The minimum Gasteiger partial charge on any atom is -0.485 e. The van der Waals surface area contributed by atoms with E-state index in [0.717, 1.165) is 6.08 Å². The van der Waals surface area contributed by atoms with Crippen LogP contribution in [0.2, 0.25) is 0 Å². The van der Waals surface area contributed by atoms with E-state index in [1.54, 1.807) is 6.07 Å². The summed E-state index contributed by atoms with van der Waals surface area (Å²) in [7, 11) is 0. The molecule has 0 saturated heterocycles. The van der Waals surface area contributed by atoms with Crippen molar-refractivity contribution in [2.75, 3.05) is 0 Å². The van der Waals surface area contributed by atoms with Crippen LogP contribution in [-0.2, 0) is 11.4 Å². The standard InChI is InChI=1S/C16H12F2O3/c17-13-5-1-3-11(9-13)10-21-16-12(7-8-15(19)20)4-2-6-14(16)18/h1-9H,10H2,(H,19,20)/b8-7+. The topological polar surface area (TPSA) is 46.5 Å². The highest BCUT2D eigenvalue weighted by atomic mass is 19.1. The van der Waals surface area contributed by atoms with Gasteiger partial charge in [-0.1, -0.05) is 24.3 Å². The molecule has 0 amide bonds. The lowest BCUT2D eigenvalue weighted by Crippen LogP contribution is -2.00. The highest BCUT2D eigenvalue weighted by molar-refractivity contribution is 5.85. The molecule has 0 aliphatic rings. The summed E-state index contributed by atoms with van der Waals surface area (Å²) >= 11 is 0. The van der Waals surface area contributed by atoms with E-state index in [4.69, 9.17) is 9.84 Å². The maximum Gasteiger partial charge on any atom is 0.328 e. The van der Waals surface area contributed by atoms with E-state index >= 15 is 0 Å². The van der Waals surface area contributed by atoms with E-state index in [2.05, 4.69) is 0 Å². The highest BCUT2D eigenvalue weighted by Crippen LogP contribution is 2.25. The molecule has 21 heavy (non-hydrogen) atoms. The van der Waals surface area contributed by atoms with Crippen molar-refractivity contribution in [3.8, 4) is 5.75 Å². The number of hydrogen-bond donors (Lipinski definition) is 1. The largest absolute Gasteiger partial charge is 0.485 e. The second kappa shape index (κ2) is 6.65. The second-order valence-corrected chi connectivity index (χ2v) is 4.25. The van der Waals surface area contributed by atoms with E-state index in [1.807, 2.05) is 0 Å². The molecular weight excluding hydrogens is 278 g/mol. The van der Waals surface area contributed by atoms with Crippen LogP contribution in [0.1, 0.15) is 11.1 Å². The SMILES string of the molecule is O=C(O)/C=C/c1cccc(F)c1OCc1cccc(F)c1. The summed E-state index contributed by atoms with van der Waals surface area (Å²) in [4.78, 5) is 10.5. The van der Waals surface area contributed by atoms with Gasteiger partial charge < -0.3 is 9.84 Å². The van der Waals surface area contributed by atoms with Gasteiger partial charge in [-0.3, -0.25) is 0 Å². The molecule has 0 aliphatic heterocycles. The van der Waals surface area contributed by atoms with E-state index in [-0.39, 0.29) is 12.4 Å². The van der Waals surface area contributed by atoms with E-state index in [1.165, 1.54) is 42.5 Å². The van der Waals surface area contributed by atoms with Crippen LogP contribution in [0.5, 0.6) is 5.75 Å². The zero-order valence-corrected chi connectivity index (χ0v) is 10.9. The van der Waals surface area contributed by atoms with Gasteiger partial charge in [-0.25, -0.2) is 13.6 Å². The second-order valence-electron chi connectivity index (χ2n) is 4.25. The maximum absolute atomic E-state index is 13.8. The Morgan fingerprint density at radius 1 is 1.19 bits per heavy atom.